The highest BCUT2D eigenvalue weighted by atomic mass is 35.5. The fraction of sp³-hybridized carbons (Fsp3) is 0.353. The number of aromatic nitrogens is 2. The summed E-state index contributed by atoms with van der Waals surface area (Å²) in [6, 6.07) is 5.23. The van der Waals surface area contributed by atoms with Crippen LogP contribution >= 0.6 is 23.2 Å². The van der Waals surface area contributed by atoms with Crippen LogP contribution in [0.4, 0.5) is 5.95 Å². The summed E-state index contributed by atoms with van der Waals surface area (Å²) < 4.78 is 6.66. The van der Waals surface area contributed by atoms with E-state index in [1.54, 1.807) is 44.1 Å². The molecule has 0 bridgehead atoms. The Morgan fingerprint density at radius 1 is 1.32 bits per heavy atom. The van der Waals surface area contributed by atoms with Crippen molar-refractivity contribution in [1.29, 1.82) is 0 Å². The Morgan fingerprint density at radius 2 is 1.92 bits per heavy atom. The van der Waals surface area contributed by atoms with Crippen molar-refractivity contribution < 1.29 is 9.53 Å². The van der Waals surface area contributed by atoms with Gasteiger partial charge in [-0.2, -0.15) is 0 Å². The predicted octanol–water partition coefficient (Wildman–Crippen LogP) is 3.32. The van der Waals surface area contributed by atoms with Crippen LogP contribution in [0.3, 0.4) is 0 Å². The van der Waals surface area contributed by atoms with Crippen molar-refractivity contribution in [2.45, 2.75) is 20.4 Å². The lowest BCUT2D eigenvalue weighted by Gasteiger charge is -2.23. The Morgan fingerprint density at radius 3 is 2.44 bits per heavy atom. The van der Waals surface area contributed by atoms with Gasteiger partial charge < -0.3 is 9.64 Å². The van der Waals surface area contributed by atoms with Gasteiger partial charge in [-0.1, -0.05) is 29.3 Å². The quantitative estimate of drug-likeness (QED) is 0.715. The Kier molecular flexibility index (Phi) is 6.08. The molecule has 0 aliphatic carbocycles. The van der Waals surface area contributed by atoms with E-state index in [-0.39, 0.29) is 23.8 Å². The topological polar surface area (TPSA) is 64.4 Å². The number of anilines is 1. The molecule has 1 heterocycles. The van der Waals surface area contributed by atoms with E-state index in [1.165, 1.54) is 11.5 Å². The van der Waals surface area contributed by atoms with E-state index in [9.17, 15) is 9.59 Å². The summed E-state index contributed by atoms with van der Waals surface area (Å²) in [6.45, 7) is 3.67. The maximum atomic E-state index is 12.6. The third-order valence-corrected chi connectivity index (χ3v) is 4.35. The number of benzene rings is 1. The van der Waals surface area contributed by atoms with Gasteiger partial charge >= 0.3 is 0 Å². The number of hydrogen-bond acceptors (Lipinski definition) is 5. The molecule has 0 fully saturated rings. The van der Waals surface area contributed by atoms with Gasteiger partial charge in [-0.25, -0.2) is 4.98 Å². The van der Waals surface area contributed by atoms with Crippen molar-refractivity contribution >= 4 is 34.9 Å². The van der Waals surface area contributed by atoms with E-state index < -0.39 is 5.56 Å². The first-order chi connectivity index (χ1) is 11.8. The first-order valence-electron chi connectivity index (χ1n) is 7.66. The highest BCUT2D eigenvalue weighted by molar-refractivity contribution is 6.36. The number of Topliss-reactive ketones (excluding diaryl/α,β-unsaturated/α-hetero) is 1. The zero-order valence-electron chi connectivity index (χ0n) is 14.5. The third-order valence-electron chi connectivity index (χ3n) is 3.65. The smallest absolute Gasteiger partial charge is 0.297 e. The Balaban J connectivity index is 2.51. The second-order valence-electron chi connectivity index (χ2n) is 5.50. The first-order valence-corrected chi connectivity index (χ1v) is 8.42. The molecule has 1 aromatic heterocycles. The molecule has 0 spiro atoms. The van der Waals surface area contributed by atoms with Gasteiger partial charge in [0.25, 0.3) is 5.56 Å². The van der Waals surface area contributed by atoms with E-state index in [0.29, 0.717) is 28.1 Å². The minimum atomic E-state index is -0.422. The number of ketones is 1. The molecule has 1 aromatic carbocycles. The normalized spacial score (nSPS) is 10.6. The number of carbonyl (C=O) groups is 1. The van der Waals surface area contributed by atoms with Crippen molar-refractivity contribution in [2.75, 3.05) is 18.6 Å². The molecule has 0 saturated heterocycles. The average Bonchev–Trinajstić information content (AvgIpc) is 2.55. The summed E-state index contributed by atoms with van der Waals surface area (Å²) >= 11 is 12.4. The number of ether oxygens (including phenoxy) is 1. The number of rotatable bonds is 6. The molecule has 0 amide bonds. The summed E-state index contributed by atoms with van der Waals surface area (Å²) in [5.74, 6) is -0.0633. The maximum Gasteiger partial charge on any atom is 0.297 e. The van der Waals surface area contributed by atoms with Crippen LogP contribution in [0, 0.1) is 0 Å². The molecular formula is C17H19Cl2N3O3. The fourth-order valence-electron chi connectivity index (χ4n) is 2.42. The van der Waals surface area contributed by atoms with Crippen LogP contribution in [0.25, 0.3) is 0 Å². The monoisotopic (exact) mass is 383 g/mol. The van der Waals surface area contributed by atoms with E-state index in [2.05, 4.69) is 4.98 Å². The SMILES string of the molecule is CCOc1c(C(C)=O)nc(N(C)Cc2c(Cl)cccc2Cl)n(C)c1=O. The van der Waals surface area contributed by atoms with Crippen molar-refractivity contribution in [3.05, 3.63) is 49.9 Å². The van der Waals surface area contributed by atoms with Crippen molar-refractivity contribution in [3.8, 4) is 5.75 Å². The zero-order valence-corrected chi connectivity index (χ0v) is 16.0. The molecule has 2 rings (SSSR count). The molecule has 0 unspecified atom stereocenters. The fourth-order valence-corrected chi connectivity index (χ4v) is 2.93. The second-order valence-corrected chi connectivity index (χ2v) is 6.31. The second kappa shape index (κ2) is 7.89. The van der Waals surface area contributed by atoms with Gasteiger partial charge in [0.2, 0.25) is 11.7 Å². The molecule has 0 atom stereocenters. The molecular weight excluding hydrogens is 365 g/mol. The van der Waals surface area contributed by atoms with Gasteiger partial charge in [-0.15, -0.1) is 0 Å². The minimum Gasteiger partial charge on any atom is -0.486 e. The molecule has 2 aromatic rings. The number of hydrogen-bond donors (Lipinski definition) is 0. The molecule has 0 radical (unpaired) electrons. The van der Waals surface area contributed by atoms with Gasteiger partial charge in [0.1, 0.15) is 0 Å². The van der Waals surface area contributed by atoms with E-state index in [0.717, 1.165) is 0 Å². The predicted molar refractivity (Wildman–Crippen MR) is 99.2 cm³/mol. The Labute approximate surface area is 155 Å². The van der Waals surface area contributed by atoms with Crippen LogP contribution in [-0.2, 0) is 13.6 Å². The van der Waals surface area contributed by atoms with Crippen LogP contribution in [0.15, 0.2) is 23.0 Å². The zero-order chi connectivity index (χ0) is 18.7. The highest BCUT2D eigenvalue weighted by Crippen LogP contribution is 2.27. The lowest BCUT2D eigenvalue weighted by molar-refractivity contribution is 0.100. The summed E-state index contributed by atoms with van der Waals surface area (Å²) in [6.07, 6.45) is 0. The molecule has 0 saturated carbocycles. The van der Waals surface area contributed by atoms with Crippen LogP contribution in [-0.4, -0.2) is 29.0 Å². The first kappa shape index (κ1) is 19.3. The van der Waals surface area contributed by atoms with E-state index in [1.807, 2.05) is 0 Å². The van der Waals surface area contributed by atoms with Gasteiger partial charge in [-0.3, -0.25) is 14.2 Å². The largest absolute Gasteiger partial charge is 0.486 e. The number of halogens is 2. The molecule has 6 nitrogen and oxygen atoms in total. The van der Waals surface area contributed by atoms with Gasteiger partial charge in [0.15, 0.2) is 11.5 Å². The molecule has 0 aliphatic heterocycles. The van der Waals surface area contributed by atoms with Gasteiger partial charge in [-0.05, 0) is 19.1 Å². The van der Waals surface area contributed by atoms with Crippen molar-refractivity contribution in [1.82, 2.24) is 9.55 Å². The van der Waals surface area contributed by atoms with Crippen LogP contribution in [0.5, 0.6) is 5.75 Å². The highest BCUT2D eigenvalue weighted by Gasteiger charge is 2.21. The van der Waals surface area contributed by atoms with E-state index in [4.69, 9.17) is 27.9 Å². The van der Waals surface area contributed by atoms with Crippen LogP contribution < -0.4 is 15.2 Å². The summed E-state index contributed by atoms with van der Waals surface area (Å²) in [5.41, 5.74) is 0.298. The minimum absolute atomic E-state index is 0.0112. The van der Waals surface area contributed by atoms with Gasteiger partial charge in [0, 0.05) is 43.2 Å². The number of carbonyl (C=O) groups excluding carboxylic acids is 1. The number of nitrogens with zero attached hydrogens (tertiary/aromatic N) is 3. The molecule has 25 heavy (non-hydrogen) atoms. The maximum absolute atomic E-state index is 12.6. The standard InChI is InChI=1S/C17H19Cl2N3O3/c1-5-25-15-14(10(2)23)20-17(22(4)16(15)24)21(3)9-11-12(18)7-6-8-13(11)19/h6-8H,5,9H2,1-4H3. The molecule has 0 N–H and O–H groups in total. The average molecular weight is 384 g/mol. The summed E-state index contributed by atoms with van der Waals surface area (Å²) in [5, 5.41) is 1.03. The molecule has 8 heteroatoms. The lowest BCUT2D eigenvalue weighted by Crippen LogP contribution is -2.31. The molecule has 134 valence electrons. The Bertz CT molecular complexity index is 845. The van der Waals surface area contributed by atoms with E-state index >= 15 is 0 Å². The summed E-state index contributed by atoms with van der Waals surface area (Å²) in [7, 11) is 3.31. The van der Waals surface area contributed by atoms with Crippen LogP contribution in [0.2, 0.25) is 10.0 Å². The summed E-state index contributed by atoms with van der Waals surface area (Å²) in [4.78, 5) is 30.5. The van der Waals surface area contributed by atoms with Gasteiger partial charge in [0.05, 0.1) is 6.61 Å². The molecule has 0 aliphatic rings. The Hall–Kier alpha value is -2.05. The van der Waals surface area contributed by atoms with Crippen molar-refractivity contribution in [2.24, 2.45) is 7.05 Å². The van der Waals surface area contributed by atoms with Crippen molar-refractivity contribution in [3.63, 3.8) is 0 Å². The third kappa shape index (κ3) is 3.96. The lowest BCUT2D eigenvalue weighted by atomic mass is 10.2. The van der Waals surface area contributed by atoms with Crippen LogP contribution in [0.1, 0.15) is 29.9 Å².